The van der Waals surface area contributed by atoms with Gasteiger partial charge in [-0.3, -0.25) is 9.10 Å². The molecule has 0 bridgehead atoms. The molecule has 1 N–H and O–H groups in total. The zero-order valence-electron chi connectivity index (χ0n) is 17.6. The van der Waals surface area contributed by atoms with Crippen molar-refractivity contribution in [1.82, 2.24) is 5.32 Å². The Bertz CT molecular complexity index is 896. The first kappa shape index (κ1) is 22.7. The lowest BCUT2D eigenvalue weighted by molar-refractivity contribution is -0.128. The summed E-state index contributed by atoms with van der Waals surface area (Å²) in [7, 11) is -1.84. The fraction of sp³-hybridized carbons (Fsp3) is 0.409. The molecule has 29 heavy (non-hydrogen) atoms. The summed E-state index contributed by atoms with van der Waals surface area (Å²) in [6.07, 6.45) is 1.28. The van der Waals surface area contributed by atoms with Gasteiger partial charge in [-0.15, -0.1) is 0 Å². The maximum Gasteiger partial charge on any atom is 0.261 e. The SMILES string of the molecule is CC(C)C[C@H](NC(=O)[C@H](C)Oc1ccc(N(C)S(C)(=O)=O)cc1)c1ccccc1. The summed E-state index contributed by atoms with van der Waals surface area (Å²) in [4.78, 5) is 12.7. The van der Waals surface area contributed by atoms with E-state index in [-0.39, 0.29) is 11.9 Å². The van der Waals surface area contributed by atoms with Crippen LogP contribution in [0.4, 0.5) is 5.69 Å². The van der Waals surface area contributed by atoms with Crippen LogP contribution in [0.25, 0.3) is 0 Å². The van der Waals surface area contributed by atoms with Crippen LogP contribution in [0.2, 0.25) is 0 Å². The number of amides is 1. The molecule has 2 aromatic rings. The molecular formula is C22H30N2O4S. The molecule has 0 aliphatic heterocycles. The molecule has 0 heterocycles. The number of hydrogen-bond acceptors (Lipinski definition) is 4. The summed E-state index contributed by atoms with van der Waals surface area (Å²) in [6, 6.07) is 16.4. The number of carbonyl (C=O) groups is 1. The van der Waals surface area contributed by atoms with Gasteiger partial charge in [-0.2, -0.15) is 0 Å². The number of nitrogens with zero attached hydrogens (tertiary/aromatic N) is 1. The molecule has 6 nitrogen and oxygen atoms in total. The summed E-state index contributed by atoms with van der Waals surface area (Å²) in [6.45, 7) is 5.94. The van der Waals surface area contributed by atoms with Gasteiger partial charge in [0.15, 0.2) is 6.10 Å². The molecule has 0 aliphatic carbocycles. The first-order chi connectivity index (χ1) is 13.6. The molecule has 0 spiro atoms. The van der Waals surface area contributed by atoms with E-state index in [0.29, 0.717) is 17.4 Å². The van der Waals surface area contributed by atoms with Crippen LogP contribution in [0.3, 0.4) is 0 Å². The highest BCUT2D eigenvalue weighted by atomic mass is 32.2. The van der Waals surface area contributed by atoms with Gasteiger partial charge in [0.2, 0.25) is 10.0 Å². The second-order valence-corrected chi connectivity index (χ2v) is 9.60. The Hall–Kier alpha value is -2.54. The fourth-order valence-electron chi connectivity index (χ4n) is 2.91. The van der Waals surface area contributed by atoms with Crippen molar-refractivity contribution in [2.24, 2.45) is 5.92 Å². The minimum absolute atomic E-state index is 0.0828. The number of benzene rings is 2. The maximum absolute atomic E-state index is 12.7. The number of nitrogens with one attached hydrogen (secondary N) is 1. The van der Waals surface area contributed by atoms with Gasteiger partial charge in [0.1, 0.15) is 5.75 Å². The van der Waals surface area contributed by atoms with Crippen molar-refractivity contribution >= 4 is 21.6 Å². The predicted molar refractivity (Wildman–Crippen MR) is 117 cm³/mol. The largest absolute Gasteiger partial charge is 0.481 e. The minimum Gasteiger partial charge on any atom is -0.481 e. The topological polar surface area (TPSA) is 75.7 Å². The van der Waals surface area contributed by atoms with Gasteiger partial charge in [0, 0.05) is 7.05 Å². The normalized spacial score (nSPS) is 13.6. The van der Waals surface area contributed by atoms with E-state index >= 15 is 0 Å². The molecule has 0 aliphatic rings. The van der Waals surface area contributed by atoms with Crippen LogP contribution >= 0.6 is 0 Å². The Morgan fingerprint density at radius 3 is 2.14 bits per heavy atom. The lowest BCUT2D eigenvalue weighted by atomic mass is 9.97. The second kappa shape index (κ2) is 9.78. The van der Waals surface area contributed by atoms with Gasteiger partial charge in [0.25, 0.3) is 5.91 Å². The molecule has 7 heteroatoms. The number of anilines is 1. The summed E-state index contributed by atoms with van der Waals surface area (Å²) in [5.74, 6) is 0.728. The quantitative estimate of drug-likeness (QED) is 0.673. The zero-order valence-corrected chi connectivity index (χ0v) is 18.4. The first-order valence-corrected chi connectivity index (χ1v) is 11.5. The smallest absolute Gasteiger partial charge is 0.261 e. The monoisotopic (exact) mass is 418 g/mol. The number of carbonyl (C=O) groups excluding carboxylic acids is 1. The van der Waals surface area contributed by atoms with Crippen molar-refractivity contribution in [3.63, 3.8) is 0 Å². The average Bonchev–Trinajstić information content (AvgIpc) is 2.67. The van der Waals surface area contributed by atoms with Crippen molar-refractivity contribution in [3.05, 3.63) is 60.2 Å². The van der Waals surface area contributed by atoms with Crippen molar-refractivity contribution in [1.29, 1.82) is 0 Å². The molecule has 158 valence electrons. The predicted octanol–water partition coefficient (Wildman–Crippen LogP) is 3.75. The number of sulfonamides is 1. The Morgan fingerprint density at radius 1 is 1.03 bits per heavy atom. The highest BCUT2D eigenvalue weighted by molar-refractivity contribution is 7.92. The highest BCUT2D eigenvalue weighted by Crippen LogP contribution is 2.23. The molecule has 0 aromatic heterocycles. The number of rotatable bonds is 9. The van der Waals surface area contributed by atoms with Crippen molar-refractivity contribution in [3.8, 4) is 5.75 Å². The van der Waals surface area contributed by atoms with Gasteiger partial charge in [0.05, 0.1) is 18.0 Å². The Morgan fingerprint density at radius 2 is 1.62 bits per heavy atom. The molecule has 0 saturated carbocycles. The summed E-state index contributed by atoms with van der Waals surface area (Å²) in [5, 5.41) is 3.08. The van der Waals surface area contributed by atoms with Gasteiger partial charge in [-0.05, 0) is 49.1 Å². The van der Waals surface area contributed by atoms with Gasteiger partial charge in [-0.1, -0.05) is 44.2 Å². The Balaban J connectivity index is 2.03. The molecule has 1 amide bonds. The van der Waals surface area contributed by atoms with Gasteiger partial charge < -0.3 is 10.1 Å². The molecule has 2 aromatic carbocycles. The lowest BCUT2D eigenvalue weighted by Gasteiger charge is -2.24. The fourth-order valence-corrected chi connectivity index (χ4v) is 3.41. The number of ether oxygens (including phenoxy) is 1. The third kappa shape index (κ3) is 6.78. The van der Waals surface area contributed by atoms with Gasteiger partial charge in [-0.25, -0.2) is 8.42 Å². The van der Waals surface area contributed by atoms with Crippen LogP contribution in [-0.4, -0.2) is 33.7 Å². The van der Waals surface area contributed by atoms with Crippen molar-refractivity contribution in [2.45, 2.75) is 39.3 Å². The molecule has 0 saturated heterocycles. The third-order valence-corrected chi connectivity index (χ3v) is 5.81. The summed E-state index contributed by atoms with van der Waals surface area (Å²) in [5.41, 5.74) is 1.59. The molecule has 2 rings (SSSR count). The van der Waals surface area contributed by atoms with Crippen molar-refractivity contribution < 1.29 is 17.9 Å². The van der Waals surface area contributed by atoms with E-state index in [9.17, 15) is 13.2 Å². The molecule has 0 unspecified atom stereocenters. The van der Waals surface area contributed by atoms with E-state index in [4.69, 9.17) is 4.74 Å². The number of hydrogen-bond donors (Lipinski definition) is 1. The van der Waals surface area contributed by atoms with E-state index in [1.165, 1.54) is 11.4 Å². The second-order valence-electron chi connectivity index (χ2n) is 7.59. The average molecular weight is 419 g/mol. The first-order valence-electron chi connectivity index (χ1n) is 9.64. The van der Waals surface area contributed by atoms with Crippen LogP contribution in [0.15, 0.2) is 54.6 Å². The van der Waals surface area contributed by atoms with Crippen LogP contribution in [-0.2, 0) is 14.8 Å². The summed E-state index contributed by atoms with van der Waals surface area (Å²) >= 11 is 0. The van der Waals surface area contributed by atoms with E-state index in [0.717, 1.165) is 18.2 Å². The Kier molecular flexibility index (Phi) is 7.67. The zero-order chi connectivity index (χ0) is 21.6. The molecular weight excluding hydrogens is 388 g/mol. The van der Waals surface area contributed by atoms with Crippen LogP contribution in [0.1, 0.15) is 38.8 Å². The van der Waals surface area contributed by atoms with Crippen LogP contribution < -0.4 is 14.4 Å². The maximum atomic E-state index is 12.7. The van der Waals surface area contributed by atoms with E-state index in [1.54, 1.807) is 31.2 Å². The molecule has 0 radical (unpaired) electrons. The minimum atomic E-state index is -3.33. The summed E-state index contributed by atoms with van der Waals surface area (Å²) < 4.78 is 30.2. The lowest BCUT2D eigenvalue weighted by Crippen LogP contribution is -2.39. The third-order valence-electron chi connectivity index (χ3n) is 4.61. The molecule has 0 fully saturated rings. The highest BCUT2D eigenvalue weighted by Gasteiger charge is 2.21. The standard InChI is InChI=1S/C22H30N2O4S/c1-16(2)15-21(18-9-7-6-8-10-18)23-22(25)17(3)28-20-13-11-19(12-14-20)24(4)29(5,26)27/h6-14,16-17,21H,15H2,1-5H3,(H,23,25)/t17-,21-/m0/s1. The van der Waals surface area contributed by atoms with E-state index < -0.39 is 16.1 Å². The van der Waals surface area contributed by atoms with Crippen molar-refractivity contribution in [2.75, 3.05) is 17.6 Å². The molecule has 2 atom stereocenters. The van der Waals surface area contributed by atoms with Gasteiger partial charge >= 0.3 is 0 Å². The van der Waals surface area contributed by atoms with Crippen LogP contribution in [0.5, 0.6) is 5.75 Å². The Labute approximate surface area is 173 Å². The van der Waals surface area contributed by atoms with Crippen LogP contribution in [0, 0.1) is 5.92 Å². The van der Waals surface area contributed by atoms with E-state index in [2.05, 4.69) is 19.2 Å². The van der Waals surface area contributed by atoms with E-state index in [1.807, 2.05) is 30.3 Å².